The molecule has 1 heterocycles. The Bertz CT molecular complexity index is 597. The molecule has 2 rings (SSSR count). The molecule has 0 saturated heterocycles. The van der Waals surface area contributed by atoms with E-state index in [1.807, 2.05) is 0 Å². The molecule has 0 bridgehead atoms. The third-order valence-corrected chi connectivity index (χ3v) is 4.46. The molecule has 1 aromatic heterocycles. The molecule has 2 nitrogen and oxygen atoms in total. The first-order valence-electron chi connectivity index (χ1n) is 6.28. The van der Waals surface area contributed by atoms with Crippen molar-refractivity contribution >= 4 is 32.4 Å². The van der Waals surface area contributed by atoms with Gasteiger partial charge in [-0.25, -0.2) is 4.98 Å². The summed E-state index contributed by atoms with van der Waals surface area (Å²) in [4.78, 5) is 5.78. The first kappa shape index (κ1) is 14.5. The molecule has 0 fully saturated rings. The molecular weight excluding hydrogens is 320 g/mol. The summed E-state index contributed by atoms with van der Waals surface area (Å²) in [5.41, 5.74) is 9.67. The average molecular weight is 339 g/mol. The van der Waals surface area contributed by atoms with Crippen LogP contribution in [-0.2, 0) is 11.8 Å². The Kier molecular flexibility index (Phi) is 4.02. The van der Waals surface area contributed by atoms with E-state index in [0.717, 1.165) is 16.6 Å². The van der Waals surface area contributed by atoms with Crippen molar-refractivity contribution in [2.75, 3.05) is 5.73 Å². The third kappa shape index (κ3) is 3.37. The number of hydrogen-bond acceptors (Lipinski definition) is 3. The Morgan fingerprint density at radius 1 is 1.32 bits per heavy atom. The van der Waals surface area contributed by atoms with Gasteiger partial charge in [0.25, 0.3) is 0 Å². The Labute approximate surface area is 127 Å². The standard InChI is InChI=1S/C15H19BrN2S/c1-9-5-6-11(16)7-10(9)8-12-13(15(2,3)4)18-14(17)19-12/h5-7H,8H2,1-4H3,(H2,17,18). The molecule has 0 aliphatic carbocycles. The summed E-state index contributed by atoms with van der Waals surface area (Å²) in [7, 11) is 0. The SMILES string of the molecule is Cc1ccc(Br)cc1Cc1sc(N)nc1C(C)(C)C. The number of benzene rings is 1. The van der Waals surface area contributed by atoms with Crippen LogP contribution in [0, 0.1) is 6.92 Å². The number of nitrogen functional groups attached to an aromatic ring is 1. The lowest BCUT2D eigenvalue weighted by Crippen LogP contribution is -2.14. The highest BCUT2D eigenvalue weighted by atomic mass is 79.9. The molecule has 0 radical (unpaired) electrons. The molecule has 0 aliphatic heterocycles. The Balaban J connectivity index is 2.41. The molecule has 0 spiro atoms. The van der Waals surface area contributed by atoms with Crippen LogP contribution in [0.25, 0.3) is 0 Å². The van der Waals surface area contributed by atoms with Crippen LogP contribution < -0.4 is 5.73 Å². The van der Waals surface area contributed by atoms with E-state index in [2.05, 4.69) is 66.8 Å². The molecule has 1 aromatic carbocycles. The Hall–Kier alpha value is -0.870. The highest BCUT2D eigenvalue weighted by Gasteiger charge is 2.23. The van der Waals surface area contributed by atoms with Gasteiger partial charge in [0.2, 0.25) is 0 Å². The van der Waals surface area contributed by atoms with E-state index < -0.39 is 0 Å². The second-order valence-electron chi connectivity index (χ2n) is 5.82. The van der Waals surface area contributed by atoms with E-state index >= 15 is 0 Å². The van der Waals surface area contributed by atoms with E-state index in [-0.39, 0.29) is 5.41 Å². The zero-order valence-corrected chi connectivity index (χ0v) is 14.2. The maximum atomic E-state index is 5.90. The summed E-state index contributed by atoms with van der Waals surface area (Å²) in [5, 5.41) is 0.660. The normalized spacial score (nSPS) is 11.8. The minimum absolute atomic E-state index is 0.0311. The van der Waals surface area contributed by atoms with Gasteiger partial charge < -0.3 is 5.73 Å². The summed E-state index contributed by atoms with van der Waals surface area (Å²) in [6, 6.07) is 6.39. The van der Waals surface area contributed by atoms with Crippen LogP contribution in [0.3, 0.4) is 0 Å². The van der Waals surface area contributed by atoms with Gasteiger partial charge in [-0.2, -0.15) is 0 Å². The molecular formula is C15H19BrN2S. The predicted molar refractivity (Wildman–Crippen MR) is 86.9 cm³/mol. The monoisotopic (exact) mass is 338 g/mol. The highest BCUT2D eigenvalue weighted by Crippen LogP contribution is 2.33. The smallest absolute Gasteiger partial charge is 0.180 e. The maximum absolute atomic E-state index is 5.90. The molecule has 4 heteroatoms. The van der Waals surface area contributed by atoms with Gasteiger partial charge in [-0.1, -0.05) is 42.8 Å². The molecule has 0 unspecified atom stereocenters. The van der Waals surface area contributed by atoms with Crippen LogP contribution in [0.15, 0.2) is 22.7 Å². The predicted octanol–water partition coefficient (Wildman–Crippen LogP) is 4.68. The van der Waals surface area contributed by atoms with Crippen LogP contribution in [-0.4, -0.2) is 4.98 Å². The molecule has 19 heavy (non-hydrogen) atoms. The van der Waals surface area contributed by atoms with Crippen molar-refractivity contribution in [1.29, 1.82) is 0 Å². The van der Waals surface area contributed by atoms with Crippen molar-refractivity contribution < 1.29 is 0 Å². The van der Waals surface area contributed by atoms with Crippen LogP contribution in [0.1, 0.15) is 42.5 Å². The number of halogens is 1. The van der Waals surface area contributed by atoms with E-state index in [0.29, 0.717) is 5.13 Å². The van der Waals surface area contributed by atoms with Gasteiger partial charge in [-0.15, -0.1) is 11.3 Å². The van der Waals surface area contributed by atoms with Crippen molar-refractivity contribution in [2.45, 2.75) is 39.5 Å². The van der Waals surface area contributed by atoms with E-state index in [1.54, 1.807) is 11.3 Å². The van der Waals surface area contributed by atoms with Crippen LogP contribution in [0.2, 0.25) is 0 Å². The summed E-state index contributed by atoms with van der Waals surface area (Å²) in [6.45, 7) is 8.68. The van der Waals surface area contributed by atoms with Gasteiger partial charge in [0.15, 0.2) is 5.13 Å². The average Bonchev–Trinajstić information content (AvgIpc) is 2.65. The number of aryl methyl sites for hydroxylation is 1. The van der Waals surface area contributed by atoms with E-state index in [9.17, 15) is 0 Å². The van der Waals surface area contributed by atoms with E-state index in [4.69, 9.17) is 5.73 Å². The minimum Gasteiger partial charge on any atom is -0.375 e. The fourth-order valence-electron chi connectivity index (χ4n) is 2.08. The van der Waals surface area contributed by atoms with E-state index in [1.165, 1.54) is 16.0 Å². The Morgan fingerprint density at radius 2 is 2.00 bits per heavy atom. The van der Waals surface area contributed by atoms with Gasteiger partial charge in [0.1, 0.15) is 0 Å². The number of rotatable bonds is 2. The number of hydrogen-bond donors (Lipinski definition) is 1. The quantitative estimate of drug-likeness (QED) is 0.862. The molecule has 0 aliphatic rings. The number of thiazole rings is 1. The highest BCUT2D eigenvalue weighted by molar-refractivity contribution is 9.10. The first-order valence-corrected chi connectivity index (χ1v) is 7.89. The number of nitrogens with zero attached hydrogens (tertiary/aromatic N) is 1. The van der Waals surface area contributed by atoms with Gasteiger partial charge in [0.05, 0.1) is 5.69 Å². The Morgan fingerprint density at radius 3 is 2.63 bits per heavy atom. The van der Waals surface area contributed by atoms with Gasteiger partial charge >= 0.3 is 0 Å². The summed E-state index contributed by atoms with van der Waals surface area (Å²) < 4.78 is 1.11. The van der Waals surface area contributed by atoms with Crippen LogP contribution in [0.4, 0.5) is 5.13 Å². The largest absolute Gasteiger partial charge is 0.375 e. The zero-order valence-electron chi connectivity index (χ0n) is 11.7. The fraction of sp³-hybridized carbons (Fsp3) is 0.400. The van der Waals surface area contributed by atoms with Gasteiger partial charge in [-0.3, -0.25) is 0 Å². The van der Waals surface area contributed by atoms with Crippen molar-refractivity contribution in [3.8, 4) is 0 Å². The summed E-state index contributed by atoms with van der Waals surface area (Å²) >= 11 is 5.14. The fourth-order valence-corrected chi connectivity index (χ4v) is 3.55. The van der Waals surface area contributed by atoms with Crippen LogP contribution in [0.5, 0.6) is 0 Å². The molecule has 2 N–H and O–H groups in total. The van der Waals surface area contributed by atoms with Crippen molar-refractivity contribution in [1.82, 2.24) is 4.98 Å². The second kappa shape index (κ2) is 5.25. The number of aromatic nitrogens is 1. The number of nitrogens with two attached hydrogens (primary N) is 1. The summed E-state index contributed by atoms with van der Waals surface area (Å²) in [6.07, 6.45) is 0.896. The van der Waals surface area contributed by atoms with Crippen molar-refractivity contribution in [3.05, 3.63) is 44.4 Å². The molecule has 0 amide bonds. The maximum Gasteiger partial charge on any atom is 0.180 e. The second-order valence-corrected chi connectivity index (χ2v) is 7.85. The summed E-state index contributed by atoms with van der Waals surface area (Å²) in [5.74, 6) is 0. The van der Waals surface area contributed by atoms with Crippen molar-refractivity contribution in [3.63, 3.8) is 0 Å². The topological polar surface area (TPSA) is 38.9 Å². The molecule has 102 valence electrons. The van der Waals surface area contributed by atoms with Crippen LogP contribution >= 0.6 is 27.3 Å². The lowest BCUT2D eigenvalue weighted by Gasteiger charge is -2.18. The molecule has 2 aromatic rings. The van der Waals surface area contributed by atoms with Gasteiger partial charge in [0, 0.05) is 21.2 Å². The first-order chi connectivity index (χ1) is 8.77. The molecule has 0 saturated carbocycles. The number of anilines is 1. The van der Waals surface area contributed by atoms with Crippen molar-refractivity contribution in [2.24, 2.45) is 0 Å². The molecule has 0 atom stereocenters. The van der Waals surface area contributed by atoms with Gasteiger partial charge in [-0.05, 0) is 30.2 Å². The third-order valence-electron chi connectivity index (χ3n) is 3.09. The lowest BCUT2D eigenvalue weighted by atomic mass is 9.89. The minimum atomic E-state index is 0.0311. The lowest BCUT2D eigenvalue weighted by molar-refractivity contribution is 0.568. The zero-order chi connectivity index (χ0) is 14.2.